The van der Waals surface area contributed by atoms with Crippen molar-refractivity contribution in [2.45, 2.75) is 31.9 Å². The maximum Gasteiger partial charge on any atom is 0.110 e. The fourth-order valence-corrected chi connectivity index (χ4v) is 2.67. The number of aliphatic hydroxyl groups excluding tert-OH is 1. The van der Waals surface area contributed by atoms with Gasteiger partial charge in [0, 0.05) is 13.0 Å². The molecule has 4 heteroatoms. The number of ether oxygens (including phenoxy) is 1. The second-order valence-electron chi connectivity index (χ2n) is 4.74. The van der Waals surface area contributed by atoms with Gasteiger partial charge in [0.25, 0.3) is 0 Å². The van der Waals surface area contributed by atoms with Gasteiger partial charge in [-0.3, -0.25) is 0 Å². The molecule has 0 bridgehead atoms. The monoisotopic (exact) mass is 246 g/mol. The van der Waals surface area contributed by atoms with E-state index in [0.717, 1.165) is 23.3 Å². The number of aryl methyl sites for hydroxylation is 1. The SMILES string of the molecule is CCc1nc2ccccc2n1C1COCCC1O. The summed E-state index contributed by atoms with van der Waals surface area (Å²) in [5.74, 6) is 1.02. The molecule has 1 aromatic heterocycles. The minimum Gasteiger partial charge on any atom is -0.391 e. The zero-order valence-corrected chi connectivity index (χ0v) is 10.5. The fourth-order valence-electron chi connectivity index (χ4n) is 2.67. The maximum atomic E-state index is 10.2. The highest BCUT2D eigenvalue weighted by Crippen LogP contribution is 2.27. The molecule has 0 radical (unpaired) electrons. The lowest BCUT2D eigenvalue weighted by atomic mass is 10.1. The van der Waals surface area contributed by atoms with Gasteiger partial charge in [0.1, 0.15) is 5.82 Å². The Morgan fingerprint density at radius 2 is 2.28 bits per heavy atom. The summed E-state index contributed by atoms with van der Waals surface area (Å²) < 4.78 is 7.67. The Morgan fingerprint density at radius 1 is 1.44 bits per heavy atom. The molecule has 2 atom stereocenters. The average Bonchev–Trinajstić information content (AvgIpc) is 2.78. The fraction of sp³-hybridized carbons (Fsp3) is 0.500. The van der Waals surface area contributed by atoms with Gasteiger partial charge < -0.3 is 14.4 Å². The first-order valence-electron chi connectivity index (χ1n) is 6.53. The molecule has 0 spiro atoms. The molecule has 1 aliphatic rings. The molecular formula is C14H18N2O2. The summed E-state index contributed by atoms with van der Waals surface area (Å²) in [5.41, 5.74) is 2.08. The van der Waals surface area contributed by atoms with Crippen LogP contribution < -0.4 is 0 Å². The number of nitrogens with zero attached hydrogens (tertiary/aromatic N) is 2. The molecule has 0 saturated carbocycles. The number of fused-ring (bicyclic) bond motifs is 1. The van der Waals surface area contributed by atoms with Crippen LogP contribution in [-0.2, 0) is 11.2 Å². The van der Waals surface area contributed by atoms with E-state index in [1.807, 2.05) is 18.2 Å². The number of hydrogen-bond donors (Lipinski definition) is 1. The smallest absolute Gasteiger partial charge is 0.110 e. The third-order valence-corrected chi connectivity index (χ3v) is 3.61. The van der Waals surface area contributed by atoms with Crippen LogP contribution in [0.15, 0.2) is 24.3 Å². The number of aliphatic hydroxyl groups is 1. The van der Waals surface area contributed by atoms with Crippen molar-refractivity contribution in [3.05, 3.63) is 30.1 Å². The number of para-hydroxylation sites is 2. The van der Waals surface area contributed by atoms with Crippen LogP contribution in [0.5, 0.6) is 0 Å². The van der Waals surface area contributed by atoms with Crippen LogP contribution in [0.1, 0.15) is 25.2 Å². The molecule has 0 aliphatic carbocycles. The van der Waals surface area contributed by atoms with Crippen molar-refractivity contribution in [3.63, 3.8) is 0 Å². The second-order valence-corrected chi connectivity index (χ2v) is 4.74. The van der Waals surface area contributed by atoms with Gasteiger partial charge in [-0.05, 0) is 18.6 Å². The van der Waals surface area contributed by atoms with Crippen LogP contribution in [0.25, 0.3) is 11.0 Å². The van der Waals surface area contributed by atoms with E-state index in [4.69, 9.17) is 4.74 Å². The summed E-state index contributed by atoms with van der Waals surface area (Å²) in [5, 5.41) is 10.2. The summed E-state index contributed by atoms with van der Waals surface area (Å²) in [7, 11) is 0. The van der Waals surface area contributed by atoms with Crippen molar-refractivity contribution >= 4 is 11.0 Å². The van der Waals surface area contributed by atoms with Crippen LogP contribution in [-0.4, -0.2) is 34.0 Å². The van der Waals surface area contributed by atoms with Gasteiger partial charge in [-0.25, -0.2) is 4.98 Å². The Balaban J connectivity index is 2.13. The van der Waals surface area contributed by atoms with Gasteiger partial charge in [-0.15, -0.1) is 0 Å². The van der Waals surface area contributed by atoms with Crippen molar-refractivity contribution in [2.75, 3.05) is 13.2 Å². The predicted molar refractivity (Wildman–Crippen MR) is 69.6 cm³/mol. The molecule has 96 valence electrons. The molecule has 2 unspecified atom stereocenters. The van der Waals surface area contributed by atoms with E-state index in [9.17, 15) is 5.11 Å². The van der Waals surface area contributed by atoms with Crippen molar-refractivity contribution in [1.29, 1.82) is 0 Å². The topological polar surface area (TPSA) is 47.3 Å². The first kappa shape index (κ1) is 11.7. The van der Waals surface area contributed by atoms with E-state index in [1.54, 1.807) is 0 Å². The lowest BCUT2D eigenvalue weighted by Crippen LogP contribution is -2.34. The third kappa shape index (κ3) is 1.82. The van der Waals surface area contributed by atoms with Crippen LogP contribution >= 0.6 is 0 Å². The van der Waals surface area contributed by atoms with Gasteiger partial charge >= 0.3 is 0 Å². The molecule has 1 fully saturated rings. The Morgan fingerprint density at radius 3 is 3.06 bits per heavy atom. The second kappa shape index (κ2) is 4.71. The molecule has 1 aliphatic heterocycles. The molecule has 1 N–H and O–H groups in total. The van der Waals surface area contributed by atoms with Gasteiger partial charge in [0.15, 0.2) is 0 Å². The number of benzene rings is 1. The van der Waals surface area contributed by atoms with Gasteiger partial charge in [-0.2, -0.15) is 0 Å². The first-order valence-corrected chi connectivity index (χ1v) is 6.53. The lowest BCUT2D eigenvalue weighted by molar-refractivity contribution is -0.0285. The number of imidazole rings is 1. The molecular weight excluding hydrogens is 228 g/mol. The Bertz CT molecular complexity index is 550. The molecule has 1 saturated heterocycles. The number of aromatic nitrogens is 2. The Hall–Kier alpha value is -1.39. The normalized spacial score (nSPS) is 24.6. The van der Waals surface area contributed by atoms with Crippen LogP contribution in [0.2, 0.25) is 0 Å². The largest absolute Gasteiger partial charge is 0.391 e. The molecule has 1 aromatic carbocycles. The molecule has 2 aromatic rings. The Labute approximate surface area is 106 Å². The summed E-state index contributed by atoms with van der Waals surface area (Å²) >= 11 is 0. The van der Waals surface area contributed by atoms with Crippen LogP contribution in [0, 0.1) is 0 Å². The highest BCUT2D eigenvalue weighted by molar-refractivity contribution is 5.76. The van der Waals surface area contributed by atoms with Crippen molar-refractivity contribution in [1.82, 2.24) is 9.55 Å². The van der Waals surface area contributed by atoms with Crippen molar-refractivity contribution < 1.29 is 9.84 Å². The van der Waals surface area contributed by atoms with Gasteiger partial charge in [-0.1, -0.05) is 19.1 Å². The zero-order valence-electron chi connectivity index (χ0n) is 10.5. The molecule has 2 heterocycles. The minimum absolute atomic E-state index is 0.0129. The summed E-state index contributed by atoms with van der Waals surface area (Å²) in [6.07, 6.45) is 1.21. The van der Waals surface area contributed by atoms with Crippen molar-refractivity contribution in [3.8, 4) is 0 Å². The van der Waals surface area contributed by atoms with E-state index < -0.39 is 0 Å². The summed E-state index contributed by atoms with van der Waals surface area (Å²) in [6.45, 7) is 3.30. The first-order chi connectivity index (χ1) is 8.81. The molecule has 0 amide bonds. The molecule has 18 heavy (non-hydrogen) atoms. The Kier molecular flexibility index (Phi) is 3.06. The van der Waals surface area contributed by atoms with Crippen molar-refractivity contribution in [2.24, 2.45) is 0 Å². The standard InChI is InChI=1S/C14H18N2O2/c1-2-14-15-10-5-3-4-6-11(10)16(14)12-9-18-8-7-13(12)17/h3-6,12-13,17H,2,7-9H2,1H3. The average molecular weight is 246 g/mol. The minimum atomic E-state index is -0.346. The van der Waals surface area contributed by atoms with E-state index in [2.05, 4.69) is 22.5 Å². The highest BCUT2D eigenvalue weighted by atomic mass is 16.5. The van der Waals surface area contributed by atoms with Gasteiger partial charge in [0.2, 0.25) is 0 Å². The van der Waals surface area contributed by atoms with Crippen LogP contribution in [0.4, 0.5) is 0 Å². The predicted octanol–water partition coefficient (Wildman–Crippen LogP) is 1.92. The van der Waals surface area contributed by atoms with E-state index in [-0.39, 0.29) is 12.1 Å². The number of hydrogen-bond acceptors (Lipinski definition) is 3. The third-order valence-electron chi connectivity index (χ3n) is 3.61. The highest BCUT2D eigenvalue weighted by Gasteiger charge is 2.28. The van der Waals surface area contributed by atoms with E-state index >= 15 is 0 Å². The molecule has 4 nitrogen and oxygen atoms in total. The maximum absolute atomic E-state index is 10.2. The van der Waals surface area contributed by atoms with E-state index in [0.29, 0.717) is 19.6 Å². The van der Waals surface area contributed by atoms with Gasteiger partial charge in [0.05, 0.1) is 29.8 Å². The van der Waals surface area contributed by atoms with E-state index in [1.165, 1.54) is 0 Å². The molecule has 3 rings (SSSR count). The zero-order chi connectivity index (χ0) is 12.5. The lowest BCUT2D eigenvalue weighted by Gasteiger charge is -2.30. The number of rotatable bonds is 2. The quantitative estimate of drug-likeness (QED) is 0.880. The summed E-state index contributed by atoms with van der Waals surface area (Å²) in [4.78, 5) is 4.64. The van der Waals surface area contributed by atoms with Crippen LogP contribution in [0.3, 0.4) is 0 Å². The summed E-state index contributed by atoms with van der Waals surface area (Å²) in [6, 6.07) is 8.06.